The molecule has 0 heterocycles. The lowest BCUT2D eigenvalue weighted by Gasteiger charge is -2.07. The summed E-state index contributed by atoms with van der Waals surface area (Å²) in [5.74, 6) is 0.557. The van der Waals surface area contributed by atoms with E-state index < -0.39 is 10.0 Å². The Morgan fingerprint density at radius 2 is 1.84 bits per heavy atom. The van der Waals surface area contributed by atoms with Gasteiger partial charge >= 0.3 is 0 Å². The minimum Gasteiger partial charge on any atom is -0.327 e. The summed E-state index contributed by atoms with van der Waals surface area (Å²) in [4.78, 5) is 0.293. The Morgan fingerprint density at radius 3 is 2.37 bits per heavy atom. The van der Waals surface area contributed by atoms with E-state index in [1.54, 1.807) is 24.3 Å². The second-order valence-corrected chi connectivity index (χ2v) is 6.57. The van der Waals surface area contributed by atoms with Crippen molar-refractivity contribution in [2.75, 3.05) is 13.1 Å². The van der Waals surface area contributed by atoms with Gasteiger partial charge in [-0.25, -0.2) is 13.1 Å². The van der Waals surface area contributed by atoms with Crippen LogP contribution in [0.2, 0.25) is 0 Å². The molecule has 0 unspecified atom stereocenters. The zero-order valence-corrected chi connectivity index (χ0v) is 12.3. The van der Waals surface area contributed by atoms with E-state index in [4.69, 9.17) is 5.73 Å². The second kappa shape index (κ2) is 7.43. The Balaban J connectivity index is 2.70. The lowest BCUT2D eigenvalue weighted by atomic mass is 10.0. The van der Waals surface area contributed by atoms with E-state index in [1.165, 1.54) is 0 Å². The molecule has 0 aliphatic carbocycles. The topological polar surface area (TPSA) is 72.2 Å². The summed E-state index contributed by atoms with van der Waals surface area (Å²) in [6.45, 7) is 4.94. The molecular weight excluding hydrogens is 260 g/mol. The van der Waals surface area contributed by atoms with Crippen molar-refractivity contribution in [1.29, 1.82) is 0 Å². The lowest BCUT2D eigenvalue weighted by molar-refractivity contribution is 0.585. The molecule has 3 N–H and O–H groups in total. The maximum absolute atomic E-state index is 12.0. The Hall–Kier alpha value is -1.17. The van der Waals surface area contributed by atoms with Crippen LogP contribution in [0.4, 0.5) is 0 Å². The fourth-order valence-corrected chi connectivity index (χ4v) is 2.67. The van der Waals surface area contributed by atoms with Gasteiger partial charge in [0, 0.05) is 13.1 Å². The average molecular weight is 282 g/mol. The van der Waals surface area contributed by atoms with E-state index >= 15 is 0 Å². The van der Waals surface area contributed by atoms with Crippen LogP contribution in [-0.4, -0.2) is 21.5 Å². The molecule has 0 radical (unpaired) electrons. The molecule has 0 fully saturated rings. The number of benzene rings is 1. The van der Waals surface area contributed by atoms with Crippen LogP contribution in [0.25, 0.3) is 0 Å². The van der Waals surface area contributed by atoms with Gasteiger partial charge < -0.3 is 5.73 Å². The number of rotatable bonds is 7. The maximum atomic E-state index is 12.0. The van der Waals surface area contributed by atoms with Crippen molar-refractivity contribution in [1.82, 2.24) is 4.72 Å². The van der Waals surface area contributed by atoms with E-state index in [-0.39, 0.29) is 6.54 Å². The molecule has 5 heteroatoms. The van der Waals surface area contributed by atoms with Crippen molar-refractivity contribution in [2.45, 2.75) is 25.2 Å². The number of nitrogens with two attached hydrogens (primary N) is 1. The predicted molar refractivity (Wildman–Crippen MR) is 78.4 cm³/mol. The van der Waals surface area contributed by atoms with Gasteiger partial charge in [0.05, 0.1) is 4.90 Å². The van der Waals surface area contributed by atoms with Gasteiger partial charge in [0.1, 0.15) is 0 Å². The minimum atomic E-state index is -3.43. The Kier molecular flexibility index (Phi) is 6.21. The number of hydrogen-bond acceptors (Lipinski definition) is 3. The largest absolute Gasteiger partial charge is 0.327 e. The van der Waals surface area contributed by atoms with E-state index in [9.17, 15) is 8.42 Å². The standard InChI is InChI=1S/C14H22N2O2S/c1-12(2)11-13-5-7-14(8-6-13)19(17,18)16-10-4-3-9-15/h3-8,12,16H,9-11,15H2,1-2H3/b4-3+. The fraction of sp³-hybridized carbons (Fsp3) is 0.429. The van der Waals surface area contributed by atoms with Crippen molar-refractivity contribution in [2.24, 2.45) is 11.7 Å². The number of nitrogens with one attached hydrogen (secondary N) is 1. The molecule has 0 spiro atoms. The highest BCUT2D eigenvalue weighted by Gasteiger charge is 2.12. The highest BCUT2D eigenvalue weighted by Crippen LogP contribution is 2.13. The van der Waals surface area contributed by atoms with Crippen LogP contribution in [-0.2, 0) is 16.4 Å². The van der Waals surface area contributed by atoms with Gasteiger partial charge in [-0.2, -0.15) is 0 Å². The SMILES string of the molecule is CC(C)Cc1ccc(S(=O)(=O)NC/C=C/CN)cc1. The van der Waals surface area contributed by atoms with Crippen molar-refractivity contribution < 1.29 is 8.42 Å². The highest BCUT2D eigenvalue weighted by atomic mass is 32.2. The molecule has 106 valence electrons. The van der Waals surface area contributed by atoms with Crippen molar-refractivity contribution in [3.63, 3.8) is 0 Å². The van der Waals surface area contributed by atoms with Crippen LogP contribution < -0.4 is 10.5 Å². The molecule has 0 aliphatic heterocycles. The molecule has 0 saturated carbocycles. The molecule has 0 aliphatic rings. The van der Waals surface area contributed by atoms with Crippen molar-refractivity contribution in [3.8, 4) is 0 Å². The predicted octanol–water partition coefficient (Wildman–Crippen LogP) is 1.68. The van der Waals surface area contributed by atoms with Crippen molar-refractivity contribution in [3.05, 3.63) is 42.0 Å². The minimum absolute atomic E-state index is 0.257. The third-order valence-corrected chi connectivity index (χ3v) is 4.01. The van der Waals surface area contributed by atoms with E-state index in [2.05, 4.69) is 18.6 Å². The lowest BCUT2D eigenvalue weighted by Crippen LogP contribution is -2.23. The third-order valence-electron chi connectivity index (χ3n) is 2.57. The Morgan fingerprint density at radius 1 is 1.21 bits per heavy atom. The Labute approximate surface area is 115 Å². The van der Waals surface area contributed by atoms with Crippen LogP contribution >= 0.6 is 0 Å². The zero-order chi connectivity index (χ0) is 14.3. The number of sulfonamides is 1. The van der Waals surface area contributed by atoms with Gasteiger partial charge in [0.25, 0.3) is 0 Å². The van der Waals surface area contributed by atoms with Crippen LogP contribution in [0.3, 0.4) is 0 Å². The molecule has 0 saturated heterocycles. The summed E-state index contributed by atoms with van der Waals surface area (Å²) in [5.41, 5.74) is 6.43. The molecule has 4 nitrogen and oxygen atoms in total. The highest BCUT2D eigenvalue weighted by molar-refractivity contribution is 7.89. The molecule has 0 bridgehead atoms. The zero-order valence-electron chi connectivity index (χ0n) is 11.5. The summed E-state index contributed by atoms with van der Waals surface area (Å²) in [6, 6.07) is 7.02. The van der Waals surface area contributed by atoms with Gasteiger partial charge in [0.2, 0.25) is 10.0 Å². The van der Waals surface area contributed by atoms with E-state index in [1.807, 2.05) is 12.1 Å². The molecule has 1 aromatic carbocycles. The molecular formula is C14H22N2O2S. The molecule has 0 amide bonds. The average Bonchev–Trinajstić information content (AvgIpc) is 2.35. The summed E-state index contributed by atoms with van der Waals surface area (Å²) < 4.78 is 26.4. The van der Waals surface area contributed by atoms with Gasteiger partial charge in [0.15, 0.2) is 0 Å². The molecule has 0 aromatic heterocycles. The van der Waals surface area contributed by atoms with Crippen LogP contribution in [0, 0.1) is 5.92 Å². The van der Waals surface area contributed by atoms with Crippen LogP contribution in [0.1, 0.15) is 19.4 Å². The van der Waals surface area contributed by atoms with Gasteiger partial charge in [-0.3, -0.25) is 0 Å². The smallest absolute Gasteiger partial charge is 0.240 e. The normalized spacial score (nSPS) is 12.4. The summed E-state index contributed by atoms with van der Waals surface area (Å²) in [6.07, 6.45) is 4.37. The van der Waals surface area contributed by atoms with E-state index in [0.717, 1.165) is 12.0 Å². The first kappa shape index (κ1) is 15.9. The van der Waals surface area contributed by atoms with Crippen LogP contribution in [0.15, 0.2) is 41.3 Å². The molecule has 0 atom stereocenters. The van der Waals surface area contributed by atoms with Crippen LogP contribution in [0.5, 0.6) is 0 Å². The van der Waals surface area contributed by atoms with Gasteiger partial charge in [-0.1, -0.05) is 38.1 Å². The van der Waals surface area contributed by atoms with E-state index in [0.29, 0.717) is 17.4 Å². The summed E-state index contributed by atoms with van der Waals surface area (Å²) >= 11 is 0. The molecule has 1 aromatic rings. The first-order chi connectivity index (χ1) is 8.95. The Bertz CT molecular complexity index is 505. The number of hydrogen-bond donors (Lipinski definition) is 2. The monoisotopic (exact) mass is 282 g/mol. The summed E-state index contributed by atoms with van der Waals surface area (Å²) in [5, 5.41) is 0. The van der Waals surface area contributed by atoms with Crippen molar-refractivity contribution >= 4 is 10.0 Å². The third kappa shape index (κ3) is 5.55. The quantitative estimate of drug-likeness (QED) is 0.747. The molecule has 1 rings (SSSR count). The maximum Gasteiger partial charge on any atom is 0.240 e. The van der Waals surface area contributed by atoms with Gasteiger partial charge in [-0.15, -0.1) is 0 Å². The first-order valence-corrected chi connectivity index (χ1v) is 7.87. The first-order valence-electron chi connectivity index (χ1n) is 6.39. The summed E-state index contributed by atoms with van der Waals surface area (Å²) in [7, 11) is -3.43. The molecule has 19 heavy (non-hydrogen) atoms. The second-order valence-electron chi connectivity index (χ2n) is 4.80. The van der Waals surface area contributed by atoms with Gasteiger partial charge in [-0.05, 0) is 30.0 Å². The fourth-order valence-electron chi connectivity index (χ4n) is 1.70.